The van der Waals surface area contributed by atoms with Crippen molar-refractivity contribution in [2.45, 2.75) is 13.5 Å². The number of anilines is 3. The van der Waals surface area contributed by atoms with Crippen LogP contribution in [0, 0.1) is 12.7 Å². The third-order valence-electron chi connectivity index (χ3n) is 4.64. The second-order valence-corrected chi connectivity index (χ2v) is 6.69. The van der Waals surface area contributed by atoms with E-state index in [2.05, 4.69) is 35.1 Å². The highest BCUT2D eigenvalue weighted by atomic mass is 19.1. The van der Waals surface area contributed by atoms with E-state index < -0.39 is 0 Å². The Morgan fingerprint density at radius 2 is 1.64 bits per heavy atom. The van der Waals surface area contributed by atoms with Crippen molar-refractivity contribution in [3.8, 4) is 0 Å². The number of piperazine rings is 1. The second-order valence-electron chi connectivity index (χ2n) is 6.69. The molecule has 1 N–H and O–H groups in total. The van der Waals surface area contributed by atoms with E-state index in [0.717, 1.165) is 49.2 Å². The number of rotatable bonds is 5. The molecule has 3 aromatic rings. The van der Waals surface area contributed by atoms with E-state index in [-0.39, 0.29) is 5.82 Å². The minimum Gasteiger partial charge on any atom is -0.353 e. The lowest BCUT2D eigenvalue weighted by Crippen LogP contribution is -2.47. The fourth-order valence-electron chi connectivity index (χ4n) is 3.17. The van der Waals surface area contributed by atoms with E-state index in [4.69, 9.17) is 0 Å². The van der Waals surface area contributed by atoms with Crippen LogP contribution in [0.2, 0.25) is 0 Å². The first-order valence-corrected chi connectivity index (χ1v) is 9.28. The minimum atomic E-state index is -0.238. The van der Waals surface area contributed by atoms with E-state index in [1.165, 1.54) is 12.1 Å². The summed E-state index contributed by atoms with van der Waals surface area (Å²) in [7, 11) is 0. The van der Waals surface area contributed by atoms with Crippen molar-refractivity contribution in [1.29, 1.82) is 0 Å². The molecule has 1 aliphatic heterocycles. The average molecular weight is 379 g/mol. The van der Waals surface area contributed by atoms with Gasteiger partial charge in [0, 0.05) is 56.9 Å². The molecule has 28 heavy (non-hydrogen) atoms. The van der Waals surface area contributed by atoms with E-state index >= 15 is 0 Å². The molecule has 0 aliphatic carbocycles. The molecule has 0 bridgehead atoms. The van der Waals surface area contributed by atoms with Gasteiger partial charge in [0.2, 0.25) is 11.9 Å². The van der Waals surface area contributed by atoms with Crippen LogP contribution >= 0.6 is 0 Å². The molecule has 0 atom stereocenters. The number of hydrogen-bond acceptors (Lipinski definition) is 7. The highest BCUT2D eigenvalue weighted by molar-refractivity contribution is 5.47. The standard InChI is InChI=1S/C20H22FN7/c1-15-13-18(26-19(25-15)24-14-16-3-5-17(21)6-4-16)27-9-11-28(12-10-27)20-22-7-2-8-23-20/h2-8,13H,9-12,14H2,1H3,(H,24,25,26). The summed E-state index contributed by atoms with van der Waals surface area (Å²) in [6.07, 6.45) is 3.53. The molecule has 2 aromatic heterocycles. The summed E-state index contributed by atoms with van der Waals surface area (Å²) in [6, 6.07) is 10.2. The lowest BCUT2D eigenvalue weighted by atomic mass is 10.2. The summed E-state index contributed by atoms with van der Waals surface area (Å²) in [6.45, 7) is 5.86. The molecule has 0 saturated carbocycles. The number of nitrogens with one attached hydrogen (secondary N) is 1. The van der Waals surface area contributed by atoms with Gasteiger partial charge in [-0.05, 0) is 30.7 Å². The van der Waals surface area contributed by atoms with Crippen molar-refractivity contribution in [3.63, 3.8) is 0 Å². The van der Waals surface area contributed by atoms with Crippen molar-refractivity contribution in [2.24, 2.45) is 0 Å². The van der Waals surface area contributed by atoms with Crippen molar-refractivity contribution >= 4 is 17.7 Å². The Bertz CT molecular complexity index is 910. The first-order valence-electron chi connectivity index (χ1n) is 9.28. The van der Waals surface area contributed by atoms with Gasteiger partial charge in [0.1, 0.15) is 11.6 Å². The van der Waals surface area contributed by atoms with E-state index in [0.29, 0.717) is 12.5 Å². The molecule has 1 aromatic carbocycles. The van der Waals surface area contributed by atoms with Crippen LogP contribution in [0.1, 0.15) is 11.3 Å². The van der Waals surface area contributed by atoms with E-state index in [1.807, 2.05) is 19.1 Å². The molecule has 8 heteroatoms. The first-order chi connectivity index (χ1) is 13.7. The van der Waals surface area contributed by atoms with Gasteiger partial charge >= 0.3 is 0 Å². The molecule has 0 unspecified atom stereocenters. The van der Waals surface area contributed by atoms with Gasteiger partial charge in [-0.2, -0.15) is 4.98 Å². The minimum absolute atomic E-state index is 0.238. The van der Waals surface area contributed by atoms with Gasteiger partial charge in [-0.15, -0.1) is 0 Å². The fourth-order valence-corrected chi connectivity index (χ4v) is 3.17. The monoisotopic (exact) mass is 379 g/mol. The van der Waals surface area contributed by atoms with Crippen LogP contribution in [0.5, 0.6) is 0 Å². The van der Waals surface area contributed by atoms with Crippen molar-refractivity contribution in [3.05, 3.63) is 65.9 Å². The molecule has 0 amide bonds. The molecule has 144 valence electrons. The summed E-state index contributed by atoms with van der Waals surface area (Å²) in [5.74, 6) is 2.01. The zero-order chi connectivity index (χ0) is 19.3. The topological polar surface area (TPSA) is 70.1 Å². The molecule has 1 fully saturated rings. The lowest BCUT2D eigenvalue weighted by molar-refractivity contribution is 0.627. The summed E-state index contributed by atoms with van der Waals surface area (Å²) in [4.78, 5) is 22.2. The Labute approximate surface area is 163 Å². The second kappa shape index (κ2) is 8.16. The normalized spacial score (nSPS) is 14.2. The predicted molar refractivity (Wildman–Crippen MR) is 107 cm³/mol. The molecule has 1 saturated heterocycles. The number of aromatic nitrogens is 4. The fraction of sp³-hybridized carbons (Fsp3) is 0.300. The molecule has 7 nitrogen and oxygen atoms in total. The summed E-state index contributed by atoms with van der Waals surface area (Å²) in [5, 5.41) is 3.23. The van der Waals surface area contributed by atoms with Gasteiger partial charge < -0.3 is 15.1 Å². The maximum Gasteiger partial charge on any atom is 0.225 e. The lowest BCUT2D eigenvalue weighted by Gasteiger charge is -2.35. The van der Waals surface area contributed by atoms with Crippen LogP contribution in [0.4, 0.5) is 22.1 Å². The molecule has 1 aliphatic rings. The van der Waals surface area contributed by atoms with Gasteiger partial charge in [0.25, 0.3) is 0 Å². The first kappa shape index (κ1) is 18.1. The van der Waals surface area contributed by atoms with Crippen LogP contribution in [-0.2, 0) is 6.54 Å². The maximum atomic E-state index is 13.0. The van der Waals surface area contributed by atoms with Gasteiger partial charge in [-0.25, -0.2) is 19.3 Å². The van der Waals surface area contributed by atoms with Crippen molar-refractivity contribution in [1.82, 2.24) is 19.9 Å². The SMILES string of the molecule is Cc1cc(N2CCN(c3ncccn3)CC2)nc(NCc2ccc(F)cc2)n1. The largest absolute Gasteiger partial charge is 0.353 e. The Kier molecular flexibility index (Phi) is 5.27. The molecule has 4 rings (SSSR count). The smallest absolute Gasteiger partial charge is 0.225 e. The Balaban J connectivity index is 1.40. The highest BCUT2D eigenvalue weighted by Crippen LogP contribution is 2.19. The van der Waals surface area contributed by atoms with Crippen molar-refractivity contribution in [2.75, 3.05) is 41.3 Å². The third kappa shape index (κ3) is 4.33. The highest BCUT2D eigenvalue weighted by Gasteiger charge is 2.20. The zero-order valence-electron chi connectivity index (χ0n) is 15.7. The summed E-state index contributed by atoms with van der Waals surface area (Å²) in [5.41, 5.74) is 1.88. The van der Waals surface area contributed by atoms with Crippen LogP contribution in [0.15, 0.2) is 48.8 Å². The van der Waals surface area contributed by atoms with Gasteiger partial charge in [-0.1, -0.05) is 12.1 Å². The Morgan fingerprint density at radius 3 is 2.36 bits per heavy atom. The number of nitrogens with zero attached hydrogens (tertiary/aromatic N) is 6. The van der Waals surface area contributed by atoms with Gasteiger partial charge in [0.15, 0.2) is 0 Å². The number of aryl methyl sites for hydroxylation is 1. The molecule has 3 heterocycles. The quantitative estimate of drug-likeness (QED) is 0.731. The third-order valence-corrected chi connectivity index (χ3v) is 4.64. The Hall–Kier alpha value is -3.29. The van der Waals surface area contributed by atoms with Crippen LogP contribution in [-0.4, -0.2) is 46.1 Å². The number of hydrogen-bond donors (Lipinski definition) is 1. The molecular formula is C20H22FN7. The zero-order valence-corrected chi connectivity index (χ0v) is 15.7. The van der Waals surface area contributed by atoms with Crippen LogP contribution in [0.3, 0.4) is 0 Å². The summed E-state index contributed by atoms with van der Waals surface area (Å²) >= 11 is 0. The molecular weight excluding hydrogens is 357 g/mol. The average Bonchev–Trinajstić information content (AvgIpc) is 2.74. The van der Waals surface area contributed by atoms with Gasteiger partial charge in [0.05, 0.1) is 0 Å². The molecule has 0 spiro atoms. The van der Waals surface area contributed by atoms with Crippen LogP contribution in [0.25, 0.3) is 0 Å². The molecule has 0 radical (unpaired) electrons. The van der Waals surface area contributed by atoms with Gasteiger partial charge in [-0.3, -0.25) is 0 Å². The van der Waals surface area contributed by atoms with E-state index in [9.17, 15) is 4.39 Å². The van der Waals surface area contributed by atoms with E-state index in [1.54, 1.807) is 24.5 Å². The summed E-state index contributed by atoms with van der Waals surface area (Å²) < 4.78 is 13.0. The Morgan fingerprint density at radius 1 is 0.964 bits per heavy atom. The predicted octanol–water partition coefficient (Wildman–Crippen LogP) is 2.65. The number of benzene rings is 1. The number of halogens is 1. The van der Waals surface area contributed by atoms with Crippen LogP contribution < -0.4 is 15.1 Å². The maximum absolute atomic E-state index is 13.0. The van der Waals surface area contributed by atoms with Crippen molar-refractivity contribution < 1.29 is 4.39 Å².